The number of benzene rings is 3. The molecule has 0 aliphatic rings. The van der Waals surface area contributed by atoms with Crippen LogP contribution in [0.15, 0.2) is 82.5 Å². The number of para-hydroxylation sites is 1. The molecule has 4 rings (SSSR count). The van der Waals surface area contributed by atoms with E-state index in [4.69, 9.17) is 4.98 Å². The molecule has 0 saturated carbocycles. The lowest BCUT2D eigenvalue weighted by Crippen LogP contribution is -2.39. The van der Waals surface area contributed by atoms with Crippen LogP contribution in [0.2, 0.25) is 0 Å². The molecule has 182 valence electrons. The Labute approximate surface area is 204 Å². The van der Waals surface area contributed by atoms with E-state index in [1.165, 1.54) is 21.0 Å². The minimum absolute atomic E-state index is 0.00716. The second kappa shape index (κ2) is 9.71. The van der Waals surface area contributed by atoms with E-state index in [0.717, 1.165) is 17.7 Å². The Balaban J connectivity index is 1.97. The van der Waals surface area contributed by atoms with Crippen molar-refractivity contribution < 1.29 is 12.8 Å². The highest BCUT2D eigenvalue weighted by molar-refractivity contribution is 7.89. The van der Waals surface area contributed by atoms with E-state index >= 15 is 0 Å². The highest BCUT2D eigenvalue weighted by Crippen LogP contribution is 2.29. The number of halogens is 1. The third-order valence-electron chi connectivity index (χ3n) is 5.83. The molecule has 8 heteroatoms. The van der Waals surface area contributed by atoms with Gasteiger partial charge in [0.2, 0.25) is 10.0 Å². The standard InChI is InChI=1S/C27H28FN3O3S/c1-18(2)17-30(35(33,34)23-14-12-21(28)13-15-23)20(4)26-29-25-11-6-5-10-24(25)27(32)31(26)22-9-7-8-19(3)16-22/h5-16,18,20H,17H2,1-4H3. The van der Waals surface area contributed by atoms with Gasteiger partial charge in [0.25, 0.3) is 5.56 Å². The van der Waals surface area contributed by atoms with Gasteiger partial charge >= 0.3 is 0 Å². The summed E-state index contributed by atoms with van der Waals surface area (Å²) in [6, 6.07) is 18.5. The lowest BCUT2D eigenvalue weighted by Gasteiger charge is -2.31. The summed E-state index contributed by atoms with van der Waals surface area (Å²) >= 11 is 0. The molecular weight excluding hydrogens is 465 g/mol. The zero-order valence-corrected chi connectivity index (χ0v) is 21.0. The van der Waals surface area contributed by atoms with Crippen molar-refractivity contribution in [1.29, 1.82) is 0 Å². The van der Waals surface area contributed by atoms with Crippen molar-refractivity contribution in [3.8, 4) is 5.69 Å². The van der Waals surface area contributed by atoms with Gasteiger partial charge in [0.15, 0.2) is 0 Å². The predicted octanol–water partition coefficient (Wildman–Crippen LogP) is 5.24. The SMILES string of the molecule is Cc1cccc(-n2c(C(C)N(CC(C)C)S(=O)(=O)c3ccc(F)cc3)nc3ccccc3c2=O)c1. The van der Waals surface area contributed by atoms with Gasteiger partial charge in [-0.25, -0.2) is 17.8 Å². The molecule has 0 spiro atoms. The maximum atomic E-state index is 13.7. The van der Waals surface area contributed by atoms with Crippen molar-refractivity contribution in [2.75, 3.05) is 6.54 Å². The van der Waals surface area contributed by atoms with Crippen molar-refractivity contribution >= 4 is 20.9 Å². The highest BCUT2D eigenvalue weighted by Gasteiger charge is 2.33. The van der Waals surface area contributed by atoms with E-state index in [-0.39, 0.29) is 22.9 Å². The fraction of sp³-hybridized carbons (Fsp3) is 0.259. The van der Waals surface area contributed by atoms with E-state index in [2.05, 4.69) is 0 Å². The number of aryl methyl sites for hydroxylation is 1. The Morgan fingerprint density at radius 2 is 1.66 bits per heavy atom. The molecule has 0 aliphatic carbocycles. The quantitative estimate of drug-likeness (QED) is 0.353. The Hall–Kier alpha value is -3.36. The molecule has 0 aliphatic heterocycles. The van der Waals surface area contributed by atoms with Gasteiger partial charge in [-0.05, 0) is 73.9 Å². The lowest BCUT2D eigenvalue weighted by atomic mass is 10.1. The second-order valence-electron chi connectivity index (χ2n) is 9.07. The summed E-state index contributed by atoms with van der Waals surface area (Å²) in [4.78, 5) is 18.5. The maximum absolute atomic E-state index is 13.7. The van der Waals surface area contributed by atoms with Gasteiger partial charge in [-0.1, -0.05) is 38.1 Å². The molecule has 0 radical (unpaired) electrons. The molecule has 0 fully saturated rings. The Morgan fingerprint density at radius 3 is 2.31 bits per heavy atom. The van der Waals surface area contributed by atoms with Gasteiger partial charge in [0.05, 0.1) is 27.5 Å². The van der Waals surface area contributed by atoms with Crippen LogP contribution in [0.5, 0.6) is 0 Å². The maximum Gasteiger partial charge on any atom is 0.266 e. The van der Waals surface area contributed by atoms with Crippen molar-refractivity contribution in [3.63, 3.8) is 0 Å². The average molecular weight is 494 g/mol. The topological polar surface area (TPSA) is 72.3 Å². The van der Waals surface area contributed by atoms with Crippen LogP contribution in [0.4, 0.5) is 4.39 Å². The van der Waals surface area contributed by atoms with E-state index in [9.17, 15) is 17.6 Å². The third-order valence-corrected chi connectivity index (χ3v) is 7.78. The molecule has 0 amide bonds. The first kappa shape index (κ1) is 24.8. The second-order valence-corrected chi connectivity index (χ2v) is 11.0. The Kier molecular flexibility index (Phi) is 6.87. The highest BCUT2D eigenvalue weighted by atomic mass is 32.2. The van der Waals surface area contributed by atoms with Crippen molar-refractivity contribution in [2.24, 2.45) is 5.92 Å². The number of fused-ring (bicyclic) bond motifs is 1. The normalized spacial score (nSPS) is 13.0. The molecule has 1 heterocycles. The zero-order chi connectivity index (χ0) is 25.3. The first-order chi connectivity index (χ1) is 16.6. The molecule has 4 aromatic rings. The molecule has 1 aromatic heterocycles. The molecular formula is C27H28FN3O3S. The van der Waals surface area contributed by atoms with Crippen LogP contribution >= 0.6 is 0 Å². The molecule has 3 aromatic carbocycles. The molecule has 6 nitrogen and oxygen atoms in total. The third kappa shape index (κ3) is 4.90. The minimum atomic E-state index is -4.02. The van der Waals surface area contributed by atoms with Gasteiger partial charge in [-0.15, -0.1) is 0 Å². The monoisotopic (exact) mass is 493 g/mol. The first-order valence-corrected chi connectivity index (χ1v) is 12.9. The predicted molar refractivity (Wildman–Crippen MR) is 136 cm³/mol. The van der Waals surface area contributed by atoms with Crippen LogP contribution in [-0.2, 0) is 10.0 Å². The summed E-state index contributed by atoms with van der Waals surface area (Å²) in [6.45, 7) is 7.68. The summed E-state index contributed by atoms with van der Waals surface area (Å²) in [5.74, 6) is -0.213. The van der Waals surface area contributed by atoms with E-state index in [1.54, 1.807) is 31.2 Å². The molecule has 0 saturated heterocycles. The number of sulfonamides is 1. The van der Waals surface area contributed by atoms with Crippen molar-refractivity contribution in [2.45, 2.75) is 38.6 Å². The van der Waals surface area contributed by atoms with Crippen molar-refractivity contribution in [3.05, 3.63) is 100 Å². The summed E-state index contributed by atoms with van der Waals surface area (Å²) in [5.41, 5.74) is 1.79. The first-order valence-electron chi connectivity index (χ1n) is 11.5. The number of aromatic nitrogens is 2. The van der Waals surface area contributed by atoms with Gasteiger partial charge < -0.3 is 0 Å². The smallest absolute Gasteiger partial charge is 0.266 e. The Morgan fingerprint density at radius 1 is 0.971 bits per heavy atom. The molecule has 1 atom stereocenters. The van der Waals surface area contributed by atoms with Crippen LogP contribution in [-0.4, -0.2) is 28.8 Å². The number of hydrogen-bond donors (Lipinski definition) is 0. The number of rotatable bonds is 7. The van der Waals surface area contributed by atoms with Gasteiger partial charge in [-0.2, -0.15) is 4.31 Å². The average Bonchev–Trinajstić information content (AvgIpc) is 2.82. The minimum Gasteiger partial charge on any atom is -0.268 e. The summed E-state index contributed by atoms with van der Waals surface area (Å²) in [5, 5.41) is 0.446. The van der Waals surface area contributed by atoms with Crippen molar-refractivity contribution in [1.82, 2.24) is 13.9 Å². The van der Waals surface area contributed by atoms with Crippen LogP contribution < -0.4 is 5.56 Å². The number of hydrogen-bond acceptors (Lipinski definition) is 4. The molecule has 35 heavy (non-hydrogen) atoms. The van der Waals surface area contributed by atoms with Crippen LogP contribution in [0, 0.1) is 18.7 Å². The molecule has 1 unspecified atom stereocenters. The van der Waals surface area contributed by atoms with Crippen LogP contribution in [0.25, 0.3) is 16.6 Å². The van der Waals surface area contributed by atoms with E-state index < -0.39 is 21.9 Å². The molecule has 0 bridgehead atoms. The Bertz CT molecular complexity index is 1530. The fourth-order valence-electron chi connectivity index (χ4n) is 4.14. The van der Waals surface area contributed by atoms with Gasteiger partial charge in [-0.3, -0.25) is 9.36 Å². The van der Waals surface area contributed by atoms with Crippen LogP contribution in [0.3, 0.4) is 0 Å². The zero-order valence-electron chi connectivity index (χ0n) is 20.1. The van der Waals surface area contributed by atoms with E-state index in [1.807, 2.05) is 45.0 Å². The summed E-state index contributed by atoms with van der Waals surface area (Å²) in [6.07, 6.45) is 0. The van der Waals surface area contributed by atoms with Gasteiger partial charge in [0, 0.05) is 6.54 Å². The van der Waals surface area contributed by atoms with E-state index in [0.29, 0.717) is 22.4 Å². The lowest BCUT2D eigenvalue weighted by molar-refractivity contribution is 0.296. The summed E-state index contributed by atoms with van der Waals surface area (Å²) in [7, 11) is -4.02. The fourth-order valence-corrected chi connectivity index (χ4v) is 5.90. The van der Waals surface area contributed by atoms with Gasteiger partial charge in [0.1, 0.15) is 11.6 Å². The summed E-state index contributed by atoms with van der Waals surface area (Å²) < 4.78 is 43.8. The largest absolute Gasteiger partial charge is 0.268 e. The van der Waals surface area contributed by atoms with Crippen LogP contribution in [0.1, 0.15) is 38.2 Å². The number of nitrogens with zero attached hydrogens (tertiary/aromatic N) is 3. The molecule has 0 N–H and O–H groups in total.